The lowest BCUT2D eigenvalue weighted by Gasteiger charge is -2.10. The molecule has 2 amide bonds. The summed E-state index contributed by atoms with van der Waals surface area (Å²) in [7, 11) is 1.58. The summed E-state index contributed by atoms with van der Waals surface area (Å²) in [6.45, 7) is 0.219. The van der Waals surface area contributed by atoms with Crippen molar-refractivity contribution in [2.45, 2.75) is 6.54 Å². The summed E-state index contributed by atoms with van der Waals surface area (Å²) in [4.78, 5) is 23.7. The molecule has 0 aliphatic rings. The summed E-state index contributed by atoms with van der Waals surface area (Å²) < 4.78 is 5.21. The van der Waals surface area contributed by atoms with E-state index in [-0.39, 0.29) is 18.4 Å². The molecule has 0 saturated carbocycles. The van der Waals surface area contributed by atoms with Gasteiger partial charge in [0.15, 0.2) is 0 Å². The van der Waals surface area contributed by atoms with Crippen LogP contribution in [0.4, 0.5) is 0 Å². The van der Waals surface area contributed by atoms with Gasteiger partial charge in [-0.05, 0) is 24.3 Å². The first kappa shape index (κ1) is 16.8. The van der Waals surface area contributed by atoms with Crippen LogP contribution in [0.15, 0.2) is 48.5 Å². The zero-order valence-electron chi connectivity index (χ0n) is 12.6. The highest BCUT2D eigenvalue weighted by Crippen LogP contribution is 2.16. The van der Waals surface area contributed by atoms with Gasteiger partial charge in [0.05, 0.1) is 13.7 Å². The van der Waals surface area contributed by atoms with E-state index in [0.29, 0.717) is 22.9 Å². The van der Waals surface area contributed by atoms with Gasteiger partial charge in [-0.2, -0.15) is 0 Å². The van der Waals surface area contributed by atoms with E-state index in [2.05, 4.69) is 10.6 Å². The predicted molar refractivity (Wildman–Crippen MR) is 88.6 cm³/mol. The number of benzene rings is 2. The molecule has 0 bridgehead atoms. The van der Waals surface area contributed by atoms with Gasteiger partial charge < -0.3 is 15.4 Å². The number of hydrogen-bond donors (Lipinski definition) is 2. The zero-order valence-corrected chi connectivity index (χ0v) is 13.4. The maximum atomic E-state index is 11.9. The third-order valence-electron chi connectivity index (χ3n) is 3.16. The molecule has 0 aromatic heterocycles. The number of hydrogen-bond acceptors (Lipinski definition) is 3. The van der Waals surface area contributed by atoms with Gasteiger partial charge in [-0.25, -0.2) is 0 Å². The van der Waals surface area contributed by atoms with Crippen LogP contribution in [0.3, 0.4) is 0 Å². The van der Waals surface area contributed by atoms with Gasteiger partial charge in [-0.1, -0.05) is 35.9 Å². The molecule has 2 rings (SSSR count). The fourth-order valence-corrected chi connectivity index (χ4v) is 2.19. The second-order valence-electron chi connectivity index (χ2n) is 4.78. The summed E-state index contributed by atoms with van der Waals surface area (Å²) in [5.41, 5.74) is 1.28. The topological polar surface area (TPSA) is 67.4 Å². The molecule has 0 aliphatic carbocycles. The zero-order chi connectivity index (χ0) is 16.7. The lowest BCUT2D eigenvalue weighted by Crippen LogP contribution is -2.36. The van der Waals surface area contributed by atoms with Crippen molar-refractivity contribution in [3.8, 4) is 5.75 Å². The Balaban J connectivity index is 1.82. The number of nitrogens with one attached hydrogen (secondary N) is 2. The van der Waals surface area contributed by atoms with Gasteiger partial charge >= 0.3 is 0 Å². The number of rotatable bonds is 6. The maximum absolute atomic E-state index is 11.9. The highest BCUT2D eigenvalue weighted by Gasteiger charge is 2.09. The number of amides is 2. The van der Waals surface area contributed by atoms with Crippen molar-refractivity contribution in [3.05, 3.63) is 64.7 Å². The molecule has 0 saturated heterocycles. The Labute approximate surface area is 139 Å². The van der Waals surface area contributed by atoms with Gasteiger partial charge in [-0.15, -0.1) is 0 Å². The average molecular weight is 333 g/mol. The van der Waals surface area contributed by atoms with Crippen molar-refractivity contribution in [2.24, 2.45) is 0 Å². The molecule has 5 nitrogen and oxygen atoms in total. The Hall–Kier alpha value is -2.53. The SMILES string of the molecule is COc1ccccc1CNC(=O)CNC(=O)c1cccc(Cl)c1. The molecule has 0 unspecified atom stereocenters. The van der Waals surface area contributed by atoms with E-state index < -0.39 is 0 Å². The van der Waals surface area contributed by atoms with E-state index in [1.807, 2.05) is 24.3 Å². The molecule has 0 aliphatic heterocycles. The minimum absolute atomic E-state index is 0.111. The number of ether oxygens (including phenoxy) is 1. The normalized spacial score (nSPS) is 10.0. The Kier molecular flexibility index (Phi) is 6.00. The molecule has 6 heteroatoms. The second kappa shape index (κ2) is 8.19. The van der Waals surface area contributed by atoms with Gasteiger partial charge in [0.2, 0.25) is 5.91 Å². The smallest absolute Gasteiger partial charge is 0.251 e. The fourth-order valence-electron chi connectivity index (χ4n) is 2.00. The molecule has 0 spiro atoms. The summed E-state index contributed by atoms with van der Waals surface area (Å²) in [6, 6.07) is 13.9. The van der Waals surface area contributed by atoms with Gasteiger partial charge in [-0.3, -0.25) is 9.59 Å². The van der Waals surface area contributed by atoms with E-state index in [1.54, 1.807) is 31.4 Å². The Morgan fingerprint density at radius 2 is 1.87 bits per heavy atom. The van der Waals surface area contributed by atoms with Crippen molar-refractivity contribution in [1.82, 2.24) is 10.6 Å². The largest absolute Gasteiger partial charge is 0.496 e. The highest BCUT2D eigenvalue weighted by atomic mass is 35.5. The second-order valence-corrected chi connectivity index (χ2v) is 5.22. The molecule has 2 N–H and O–H groups in total. The Morgan fingerprint density at radius 1 is 1.09 bits per heavy atom. The van der Waals surface area contributed by atoms with Crippen LogP contribution in [0.25, 0.3) is 0 Å². The molecule has 23 heavy (non-hydrogen) atoms. The van der Waals surface area contributed by atoms with Crippen LogP contribution in [-0.2, 0) is 11.3 Å². The van der Waals surface area contributed by atoms with E-state index in [1.165, 1.54) is 0 Å². The number of carbonyl (C=O) groups is 2. The van der Waals surface area contributed by atoms with E-state index >= 15 is 0 Å². The van der Waals surface area contributed by atoms with Crippen molar-refractivity contribution >= 4 is 23.4 Å². The van der Waals surface area contributed by atoms with Crippen molar-refractivity contribution < 1.29 is 14.3 Å². The number of methoxy groups -OCH3 is 1. The van der Waals surface area contributed by atoms with Crippen LogP contribution in [0.5, 0.6) is 5.75 Å². The van der Waals surface area contributed by atoms with Crippen molar-refractivity contribution in [1.29, 1.82) is 0 Å². The van der Waals surface area contributed by atoms with Crippen LogP contribution in [0.2, 0.25) is 5.02 Å². The third-order valence-corrected chi connectivity index (χ3v) is 3.40. The quantitative estimate of drug-likeness (QED) is 0.853. The van der Waals surface area contributed by atoms with Crippen LogP contribution in [0, 0.1) is 0 Å². The van der Waals surface area contributed by atoms with Crippen LogP contribution in [0.1, 0.15) is 15.9 Å². The first-order valence-electron chi connectivity index (χ1n) is 7.02. The fraction of sp³-hybridized carbons (Fsp3) is 0.176. The van der Waals surface area contributed by atoms with Crippen molar-refractivity contribution in [3.63, 3.8) is 0 Å². The van der Waals surface area contributed by atoms with E-state index in [0.717, 1.165) is 5.56 Å². The molecule has 0 atom stereocenters. The molecule has 0 radical (unpaired) electrons. The Bertz CT molecular complexity index is 704. The molecular weight excluding hydrogens is 316 g/mol. The van der Waals surface area contributed by atoms with Gasteiger partial charge in [0.1, 0.15) is 5.75 Å². The third kappa shape index (κ3) is 5.00. The van der Waals surface area contributed by atoms with Gasteiger partial charge in [0, 0.05) is 22.7 Å². The van der Waals surface area contributed by atoms with Gasteiger partial charge in [0.25, 0.3) is 5.91 Å². The molecule has 120 valence electrons. The first-order valence-corrected chi connectivity index (χ1v) is 7.40. The average Bonchev–Trinajstić information content (AvgIpc) is 2.58. The molecule has 0 heterocycles. The predicted octanol–water partition coefficient (Wildman–Crippen LogP) is 2.39. The number of halogens is 1. The number of para-hydroxylation sites is 1. The molecular formula is C17H17ClN2O3. The highest BCUT2D eigenvalue weighted by molar-refractivity contribution is 6.30. The lowest BCUT2D eigenvalue weighted by molar-refractivity contribution is -0.120. The number of carbonyl (C=O) groups excluding carboxylic acids is 2. The Morgan fingerprint density at radius 3 is 2.61 bits per heavy atom. The lowest BCUT2D eigenvalue weighted by atomic mass is 10.2. The standard InChI is InChI=1S/C17H17ClN2O3/c1-23-15-8-3-2-5-13(15)10-19-16(21)11-20-17(22)12-6-4-7-14(18)9-12/h2-9H,10-11H2,1H3,(H,19,21)(H,20,22). The minimum atomic E-state index is -0.347. The summed E-state index contributed by atoms with van der Waals surface area (Å²) >= 11 is 5.83. The summed E-state index contributed by atoms with van der Waals surface area (Å²) in [5.74, 6) is 0.0713. The van der Waals surface area contributed by atoms with Crippen molar-refractivity contribution in [2.75, 3.05) is 13.7 Å². The van der Waals surface area contributed by atoms with Crippen LogP contribution >= 0.6 is 11.6 Å². The van der Waals surface area contributed by atoms with E-state index in [9.17, 15) is 9.59 Å². The van der Waals surface area contributed by atoms with Crippen LogP contribution in [-0.4, -0.2) is 25.5 Å². The summed E-state index contributed by atoms with van der Waals surface area (Å²) in [6.07, 6.45) is 0. The molecule has 0 fully saturated rings. The van der Waals surface area contributed by atoms with Crippen LogP contribution < -0.4 is 15.4 Å². The summed E-state index contributed by atoms with van der Waals surface area (Å²) in [5, 5.41) is 5.75. The first-order chi connectivity index (χ1) is 11.1. The minimum Gasteiger partial charge on any atom is -0.496 e. The maximum Gasteiger partial charge on any atom is 0.251 e. The molecule has 2 aromatic carbocycles. The van der Waals surface area contributed by atoms with E-state index in [4.69, 9.17) is 16.3 Å². The molecule has 2 aromatic rings. The monoisotopic (exact) mass is 332 g/mol.